The van der Waals surface area contributed by atoms with E-state index in [2.05, 4.69) is 14.7 Å². The molecule has 0 radical (unpaired) electrons. The van der Waals surface area contributed by atoms with Gasteiger partial charge in [0.15, 0.2) is 5.82 Å². The normalized spacial score (nSPS) is 10.9. The fraction of sp³-hybridized carbons (Fsp3) is 0. The lowest BCUT2D eigenvalue weighted by atomic mass is 10.1. The van der Waals surface area contributed by atoms with Crippen molar-refractivity contribution in [3.63, 3.8) is 0 Å². The molecule has 3 rings (SSSR count). The molecule has 0 spiro atoms. The molecule has 0 fully saturated rings. The first-order valence-electron chi connectivity index (χ1n) is 5.13. The fourth-order valence-corrected chi connectivity index (χ4v) is 1.79. The maximum Gasteiger partial charge on any atom is 0.374 e. The first-order valence-corrected chi connectivity index (χ1v) is 5.13. The maximum absolute atomic E-state index is 14.1. The molecule has 0 atom stereocenters. The number of aromatic amines is 1. The zero-order chi connectivity index (χ0) is 12.7. The van der Waals surface area contributed by atoms with Gasteiger partial charge in [-0.05, 0) is 12.1 Å². The number of H-pyrrole nitrogens is 1. The third kappa shape index (κ3) is 1.46. The topological polar surface area (TPSA) is 79.1 Å². The van der Waals surface area contributed by atoms with Gasteiger partial charge in [-0.2, -0.15) is 0 Å². The summed E-state index contributed by atoms with van der Waals surface area (Å²) in [6.45, 7) is 0. The lowest BCUT2D eigenvalue weighted by Gasteiger charge is -1.99. The van der Waals surface area contributed by atoms with Gasteiger partial charge in [0.25, 0.3) is 0 Å². The molecule has 0 aliphatic carbocycles. The van der Waals surface area contributed by atoms with Gasteiger partial charge >= 0.3 is 5.97 Å². The number of carboxylic acids is 1. The van der Waals surface area contributed by atoms with E-state index >= 15 is 0 Å². The van der Waals surface area contributed by atoms with E-state index in [9.17, 15) is 9.18 Å². The van der Waals surface area contributed by atoms with Crippen molar-refractivity contribution in [2.75, 3.05) is 0 Å². The van der Waals surface area contributed by atoms with Crippen LogP contribution in [0, 0.1) is 5.82 Å². The van der Waals surface area contributed by atoms with Crippen molar-refractivity contribution in [2.45, 2.75) is 0 Å². The van der Waals surface area contributed by atoms with E-state index in [4.69, 9.17) is 5.11 Å². The molecule has 0 aliphatic heterocycles. The second-order valence-corrected chi connectivity index (χ2v) is 3.75. The van der Waals surface area contributed by atoms with Crippen molar-refractivity contribution < 1.29 is 18.8 Å². The van der Waals surface area contributed by atoms with Crippen LogP contribution in [0.15, 0.2) is 35.0 Å². The average Bonchev–Trinajstić information content (AvgIpc) is 2.97. The lowest BCUT2D eigenvalue weighted by Crippen LogP contribution is -1.91. The van der Waals surface area contributed by atoms with E-state index in [0.29, 0.717) is 5.52 Å². The van der Waals surface area contributed by atoms with Gasteiger partial charge in [-0.3, -0.25) is 0 Å². The number of nitrogens with zero attached hydrogens (tertiary/aromatic N) is 1. The third-order valence-electron chi connectivity index (χ3n) is 2.66. The van der Waals surface area contributed by atoms with Gasteiger partial charge in [-0.15, -0.1) is 0 Å². The number of rotatable bonds is 2. The summed E-state index contributed by atoms with van der Waals surface area (Å²) in [6.07, 6.45) is 1.63. The Morgan fingerprint density at radius 1 is 1.39 bits per heavy atom. The largest absolute Gasteiger partial charge is 0.475 e. The Morgan fingerprint density at radius 2 is 2.22 bits per heavy atom. The number of hydrogen-bond acceptors (Lipinski definition) is 3. The summed E-state index contributed by atoms with van der Waals surface area (Å²) in [5.74, 6) is -2.05. The molecule has 2 N–H and O–H groups in total. The first-order chi connectivity index (χ1) is 8.66. The smallest absolute Gasteiger partial charge is 0.374 e. The van der Waals surface area contributed by atoms with Crippen LogP contribution in [0.5, 0.6) is 0 Å². The molecule has 0 amide bonds. The fourth-order valence-electron chi connectivity index (χ4n) is 1.79. The van der Waals surface area contributed by atoms with Gasteiger partial charge in [0.2, 0.25) is 5.76 Å². The Bertz CT molecular complexity index is 745. The predicted octanol–water partition coefficient (Wildman–Crippen LogP) is 2.66. The summed E-state index contributed by atoms with van der Waals surface area (Å²) in [5, 5.41) is 13.0. The second-order valence-electron chi connectivity index (χ2n) is 3.75. The first kappa shape index (κ1) is 10.5. The molecule has 2 aromatic heterocycles. The molecule has 2 heterocycles. The van der Waals surface area contributed by atoms with Crippen LogP contribution in [0.3, 0.4) is 0 Å². The molecule has 5 nitrogen and oxygen atoms in total. The summed E-state index contributed by atoms with van der Waals surface area (Å²) in [6, 6.07) is 6.19. The second kappa shape index (κ2) is 3.69. The molecule has 6 heteroatoms. The van der Waals surface area contributed by atoms with E-state index in [1.54, 1.807) is 18.3 Å². The van der Waals surface area contributed by atoms with Gasteiger partial charge in [-0.1, -0.05) is 11.2 Å². The van der Waals surface area contributed by atoms with Gasteiger partial charge in [0, 0.05) is 23.2 Å². The molecular weight excluding hydrogens is 239 g/mol. The SMILES string of the molecule is O=C(O)c1cc(-c2ccc3cc[nH]c3c2F)no1. The number of halogens is 1. The predicted molar refractivity (Wildman–Crippen MR) is 60.7 cm³/mol. The van der Waals surface area contributed by atoms with E-state index in [0.717, 1.165) is 5.39 Å². The highest BCUT2D eigenvalue weighted by molar-refractivity contribution is 5.88. The number of fused-ring (bicyclic) bond motifs is 1. The Hall–Kier alpha value is -2.63. The Labute approximate surface area is 99.8 Å². The average molecular weight is 246 g/mol. The minimum Gasteiger partial charge on any atom is -0.475 e. The summed E-state index contributed by atoms with van der Waals surface area (Å²) in [7, 11) is 0. The van der Waals surface area contributed by atoms with E-state index < -0.39 is 11.8 Å². The quantitative estimate of drug-likeness (QED) is 0.728. The number of carbonyl (C=O) groups is 1. The van der Waals surface area contributed by atoms with Gasteiger partial charge in [0.05, 0.1) is 5.52 Å². The number of aromatic carboxylic acids is 1. The molecule has 1 aromatic carbocycles. The zero-order valence-corrected chi connectivity index (χ0v) is 8.98. The van der Waals surface area contributed by atoms with Crippen LogP contribution in [-0.2, 0) is 0 Å². The van der Waals surface area contributed by atoms with E-state index in [1.807, 2.05) is 0 Å². The van der Waals surface area contributed by atoms with Crippen molar-refractivity contribution in [1.29, 1.82) is 0 Å². The highest BCUT2D eigenvalue weighted by atomic mass is 19.1. The number of hydrogen-bond donors (Lipinski definition) is 2. The minimum absolute atomic E-state index is 0.154. The van der Waals surface area contributed by atoms with Crippen molar-refractivity contribution in [2.24, 2.45) is 0 Å². The highest BCUT2D eigenvalue weighted by Gasteiger charge is 2.16. The van der Waals surface area contributed by atoms with Crippen LogP contribution in [0.2, 0.25) is 0 Å². The molecule has 90 valence electrons. The molecule has 0 saturated carbocycles. The van der Waals surface area contributed by atoms with Crippen LogP contribution in [0.4, 0.5) is 4.39 Å². The van der Waals surface area contributed by atoms with E-state index in [-0.39, 0.29) is 17.0 Å². The van der Waals surface area contributed by atoms with Crippen LogP contribution >= 0.6 is 0 Å². The monoisotopic (exact) mass is 246 g/mol. The van der Waals surface area contributed by atoms with Crippen LogP contribution in [0.1, 0.15) is 10.6 Å². The van der Waals surface area contributed by atoms with Crippen molar-refractivity contribution >= 4 is 16.9 Å². The summed E-state index contributed by atoms with van der Waals surface area (Å²) in [5.41, 5.74) is 0.704. The number of nitrogens with one attached hydrogen (secondary N) is 1. The summed E-state index contributed by atoms with van der Waals surface area (Å²) < 4.78 is 18.7. The number of aromatic nitrogens is 2. The molecule has 0 saturated heterocycles. The van der Waals surface area contributed by atoms with Gasteiger partial charge in [-0.25, -0.2) is 9.18 Å². The maximum atomic E-state index is 14.1. The molecule has 3 aromatic rings. The molecule has 0 bridgehead atoms. The summed E-state index contributed by atoms with van der Waals surface area (Å²) >= 11 is 0. The summed E-state index contributed by atoms with van der Waals surface area (Å²) in [4.78, 5) is 13.4. The Morgan fingerprint density at radius 3 is 2.94 bits per heavy atom. The minimum atomic E-state index is -1.24. The van der Waals surface area contributed by atoms with E-state index in [1.165, 1.54) is 12.1 Å². The highest BCUT2D eigenvalue weighted by Crippen LogP contribution is 2.27. The van der Waals surface area contributed by atoms with Crippen LogP contribution < -0.4 is 0 Å². The Kier molecular flexibility index (Phi) is 2.16. The number of carboxylic acid groups (broad SMARTS) is 1. The zero-order valence-electron chi connectivity index (χ0n) is 8.98. The standard InChI is InChI=1S/C12H7FN2O3/c13-10-7(2-1-6-3-4-14-11(6)10)8-5-9(12(16)17)18-15-8/h1-5,14H,(H,16,17). The van der Waals surface area contributed by atoms with Crippen molar-refractivity contribution in [1.82, 2.24) is 10.1 Å². The lowest BCUT2D eigenvalue weighted by molar-refractivity contribution is 0.0652. The van der Waals surface area contributed by atoms with Crippen LogP contribution in [-0.4, -0.2) is 21.2 Å². The van der Waals surface area contributed by atoms with Crippen molar-refractivity contribution in [3.05, 3.63) is 42.0 Å². The van der Waals surface area contributed by atoms with Gasteiger partial charge < -0.3 is 14.6 Å². The molecule has 0 unspecified atom stereocenters. The van der Waals surface area contributed by atoms with Gasteiger partial charge in [0.1, 0.15) is 5.69 Å². The Balaban J connectivity index is 2.18. The van der Waals surface area contributed by atoms with Crippen LogP contribution in [0.25, 0.3) is 22.2 Å². The third-order valence-corrected chi connectivity index (χ3v) is 2.66. The van der Waals surface area contributed by atoms with Crippen molar-refractivity contribution in [3.8, 4) is 11.3 Å². The molecule has 18 heavy (non-hydrogen) atoms. The molecule has 0 aliphatic rings. The number of benzene rings is 1. The molecular formula is C12H7FN2O3.